The van der Waals surface area contributed by atoms with Gasteiger partial charge in [0.1, 0.15) is 11.3 Å². The predicted octanol–water partition coefficient (Wildman–Crippen LogP) is 4.29. The van der Waals surface area contributed by atoms with Crippen LogP contribution < -0.4 is 16.0 Å². The lowest BCUT2D eigenvalue weighted by atomic mass is 9.84. The van der Waals surface area contributed by atoms with Crippen molar-refractivity contribution in [3.63, 3.8) is 0 Å². The van der Waals surface area contributed by atoms with E-state index in [0.717, 1.165) is 47.4 Å². The van der Waals surface area contributed by atoms with Gasteiger partial charge in [0.05, 0.1) is 47.2 Å². The molecule has 1 spiro atoms. The van der Waals surface area contributed by atoms with Gasteiger partial charge in [-0.1, -0.05) is 6.08 Å². The number of anilines is 2. The summed E-state index contributed by atoms with van der Waals surface area (Å²) < 4.78 is 15.6. The molecule has 0 saturated carbocycles. The third-order valence-corrected chi connectivity index (χ3v) is 7.19. The van der Waals surface area contributed by atoms with Gasteiger partial charge in [0.2, 0.25) is 0 Å². The first-order valence-electron chi connectivity index (χ1n) is 12.3. The van der Waals surface area contributed by atoms with Gasteiger partial charge < -0.3 is 25.9 Å². The van der Waals surface area contributed by atoms with Crippen molar-refractivity contribution in [1.82, 2.24) is 24.8 Å². The number of pyridine rings is 2. The maximum atomic E-state index is 13.6. The lowest BCUT2D eigenvalue weighted by molar-refractivity contribution is 0.392. The van der Waals surface area contributed by atoms with Crippen LogP contribution in [0.15, 0.2) is 79.5 Å². The van der Waals surface area contributed by atoms with Crippen LogP contribution in [0.25, 0.3) is 22.3 Å². The molecule has 4 N–H and O–H groups in total. The summed E-state index contributed by atoms with van der Waals surface area (Å²) in [5, 5.41) is 12.2. The highest BCUT2D eigenvalue weighted by atomic mass is 19.1. The number of aromatic nitrogens is 4. The maximum absolute atomic E-state index is 13.6. The largest absolute Gasteiger partial charge is 0.382 e. The van der Waals surface area contributed by atoms with Gasteiger partial charge in [-0.25, -0.2) is 14.4 Å². The van der Waals surface area contributed by atoms with Crippen molar-refractivity contribution in [1.29, 1.82) is 5.41 Å². The molecule has 2 aliphatic heterocycles. The second-order valence-corrected chi connectivity index (χ2v) is 9.53. The Morgan fingerprint density at radius 1 is 1.11 bits per heavy atom. The summed E-state index contributed by atoms with van der Waals surface area (Å²) >= 11 is 0. The average molecular weight is 495 g/mol. The van der Waals surface area contributed by atoms with Crippen molar-refractivity contribution in [2.75, 3.05) is 23.7 Å². The molecule has 1 fully saturated rings. The number of benzene rings is 1. The minimum atomic E-state index is -0.462. The zero-order valence-corrected chi connectivity index (χ0v) is 20.2. The summed E-state index contributed by atoms with van der Waals surface area (Å²) in [4.78, 5) is 15.7. The molecule has 8 nitrogen and oxygen atoms in total. The van der Waals surface area contributed by atoms with Gasteiger partial charge in [0.25, 0.3) is 0 Å². The second kappa shape index (κ2) is 9.16. The fourth-order valence-corrected chi connectivity index (χ4v) is 5.25. The quantitative estimate of drug-likeness (QED) is 0.391. The third kappa shape index (κ3) is 4.22. The Kier molecular flexibility index (Phi) is 5.67. The lowest BCUT2D eigenvalue weighted by Gasteiger charge is -2.44. The van der Waals surface area contributed by atoms with E-state index in [1.165, 1.54) is 12.1 Å². The average Bonchev–Trinajstić information content (AvgIpc) is 3.24. The molecule has 1 saturated heterocycles. The maximum Gasteiger partial charge on any atom is 0.151 e. The zero-order chi connectivity index (χ0) is 25.4. The monoisotopic (exact) mass is 494 g/mol. The summed E-state index contributed by atoms with van der Waals surface area (Å²) in [7, 11) is 0. The topological polar surface area (TPSA) is 109 Å². The lowest BCUT2D eigenvalue weighted by Crippen LogP contribution is -2.59. The molecule has 37 heavy (non-hydrogen) atoms. The molecule has 186 valence electrons. The fraction of sp³-hybridized carbons (Fsp3) is 0.214. The molecule has 6 rings (SSSR count). The first-order valence-corrected chi connectivity index (χ1v) is 12.3. The van der Waals surface area contributed by atoms with Gasteiger partial charge in [-0.05, 0) is 73.2 Å². The second-order valence-electron chi connectivity index (χ2n) is 9.53. The molecule has 0 aliphatic carbocycles. The molecular formula is C28H27FN8. The summed E-state index contributed by atoms with van der Waals surface area (Å²) in [5.41, 5.74) is 11.4. The highest BCUT2D eigenvalue weighted by Gasteiger charge is 2.38. The van der Waals surface area contributed by atoms with E-state index in [4.69, 9.17) is 16.1 Å². The third-order valence-electron chi connectivity index (χ3n) is 7.19. The number of nitrogen functional groups attached to an aromatic ring is 1. The van der Waals surface area contributed by atoms with Crippen LogP contribution in [0, 0.1) is 11.2 Å². The summed E-state index contributed by atoms with van der Waals surface area (Å²) in [6.07, 6.45) is 14.8. The molecule has 5 heterocycles. The number of fused-ring (bicyclic) bond motifs is 1. The van der Waals surface area contributed by atoms with Crippen molar-refractivity contribution in [3.05, 3.63) is 90.9 Å². The Bertz CT molecular complexity index is 1540. The predicted molar refractivity (Wildman–Crippen MR) is 144 cm³/mol. The van der Waals surface area contributed by atoms with Gasteiger partial charge in [-0.3, -0.25) is 4.98 Å². The normalized spacial score (nSPS) is 19.4. The van der Waals surface area contributed by atoms with E-state index in [1.807, 2.05) is 36.7 Å². The highest BCUT2D eigenvalue weighted by molar-refractivity contribution is 6.01. The van der Waals surface area contributed by atoms with Crippen molar-refractivity contribution in [2.24, 2.45) is 0 Å². The van der Waals surface area contributed by atoms with Crippen LogP contribution in [-0.4, -0.2) is 43.9 Å². The van der Waals surface area contributed by atoms with Crippen LogP contribution in [0.3, 0.4) is 0 Å². The number of nitrogens with two attached hydrogens (primary N) is 1. The summed E-state index contributed by atoms with van der Waals surface area (Å²) in [6, 6.07) is 10.3. The number of imidazole rings is 1. The summed E-state index contributed by atoms with van der Waals surface area (Å²) in [5.74, 6) is 0.118. The van der Waals surface area contributed by atoms with E-state index in [0.29, 0.717) is 30.1 Å². The smallest absolute Gasteiger partial charge is 0.151 e. The van der Waals surface area contributed by atoms with E-state index in [-0.39, 0.29) is 5.82 Å². The van der Waals surface area contributed by atoms with Gasteiger partial charge in [0, 0.05) is 24.8 Å². The van der Waals surface area contributed by atoms with E-state index < -0.39 is 5.54 Å². The molecule has 0 amide bonds. The van der Waals surface area contributed by atoms with Crippen LogP contribution in [0.5, 0.6) is 0 Å². The number of allylic oxidation sites excluding steroid dienone is 2. The number of halogens is 1. The van der Waals surface area contributed by atoms with Crippen molar-refractivity contribution in [3.8, 4) is 11.3 Å². The Morgan fingerprint density at radius 2 is 1.97 bits per heavy atom. The Morgan fingerprint density at radius 3 is 2.84 bits per heavy atom. The zero-order valence-electron chi connectivity index (χ0n) is 20.2. The first kappa shape index (κ1) is 22.9. The molecule has 3 aromatic heterocycles. The molecular weight excluding hydrogens is 467 g/mol. The molecule has 1 atom stereocenters. The van der Waals surface area contributed by atoms with Crippen LogP contribution in [0.4, 0.5) is 15.9 Å². The van der Waals surface area contributed by atoms with E-state index in [2.05, 4.69) is 30.8 Å². The van der Waals surface area contributed by atoms with Crippen molar-refractivity contribution < 1.29 is 4.39 Å². The Balaban J connectivity index is 1.42. The van der Waals surface area contributed by atoms with Crippen LogP contribution >= 0.6 is 0 Å². The number of hydrogen-bond donors (Lipinski definition) is 3. The van der Waals surface area contributed by atoms with Gasteiger partial charge >= 0.3 is 0 Å². The van der Waals surface area contributed by atoms with Crippen molar-refractivity contribution >= 4 is 28.3 Å². The molecule has 1 unspecified atom stereocenters. The molecule has 0 bridgehead atoms. The highest BCUT2D eigenvalue weighted by Crippen LogP contribution is 2.33. The SMILES string of the molecule is N=C1C=CC=CNC12CCCN(c1cnc(-c3ccc(F)cc3)cc1Cn1cnc3c(N)nccc31)C2. The fourth-order valence-electron chi connectivity index (χ4n) is 5.25. The summed E-state index contributed by atoms with van der Waals surface area (Å²) in [6.45, 7) is 2.04. The van der Waals surface area contributed by atoms with E-state index >= 15 is 0 Å². The molecule has 2 aliphatic rings. The number of hydrogen-bond acceptors (Lipinski definition) is 7. The van der Waals surface area contributed by atoms with Crippen LogP contribution in [-0.2, 0) is 6.54 Å². The van der Waals surface area contributed by atoms with Gasteiger partial charge in [-0.15, -0.1) is 0 Å². The van der Waals surface area contributed by atoms with Gasteiger partial charge in [-0.2, -0.15) is 0 Å². The van der Waals surface area contributed by atoms with Crippen molar-refractivity contribution in [2.45, 2.75) is 24.9 Å². The van der Waals surface area contributed by atoms with Crippen LogP contribution in [0.1, 0.15) is 18.4 Å². The Hall–Kier alpha value is -4.53. The van der Waals surface area contributed by atoms with Gasteiger partial charge in [0.15, 0.2) is 5.82 Å². The number of rotatable bonds is 4. The van der Waals surface area contributed by atoms with E-state index in [1.54, 1.807) is 24.7 Å². The number of nitrogens with zero attached hydrogens (tertiary/aromatic N) is 5. The minimum absolute atomic E-state index is 0.281. The molecule has 9 heteroatoms. The van der Waals surface area contributed by atoms with Crippen LogP contribution in [0.2, 0.25) is 0 Å². The number of nitrogens with one attached hydrogen (secondary N) is 2. The number of piperidine rings is 1. The molecule has 4 aromatic rings. The Labute approximate surface area is 213 Å². The molecule has 0 radical (unpaired) electrons. The standard InChI is InChI=1S/C28H27FN8/c29-21-7-5-19(6-8-21)22-14-20(16-37-18-34-26-23(37)9-12-32-27(26)31)24(15-33-22)36-13-3-10-28(17-36)25(30)4-1-2-11-35-28/h1-2,4-9,11-12,14-15,18,30,35H,3,10,13,16-17H2,(H2,31,32). The van der Waals surface area contributed by atoms with E-state index in [9.17, 15) is 4.39 Å². The first-order chi connectivity index (χ1) is 18.0. The minimum Gasteiger partial charge on any atom is -0.382 e. The molecule has 1 aromatic carbocycles.